The average molecular weight is 234 g/mol. The van der Waals surface area contributed by atoms with Crippen LogP contribution in [0.4, 0.5) is 0 Å². The first-order valence-corrected chi connectivity index (χ1v) is 5.65. The van der Waals surface area contributed by atoms with E-state index in [0.717, 1.165) is 15.0 Å². The lowest BCUT2D eigenvalue weighted by Crippen LogP contribution is -2.10. The fraction of sp³-hybridized carbons (Fsp3) is 0.167. The molecule has 0 saturated heterocycles. The van der Waals surface area contributed by atoms with Gasteiger partial charge in [-0.25, -0.2) is 0 Å². The third-order valence-electron chi connectivity index (χ3n) is 2.05. The monoisotopic (exact) mass is 234 g/mol. The zero-order valence-electron chi connectivity index (χ0n) is 8.73. The van der Waals surface area contributed by atoms with Gasteiger partial charge in [-0.05, 0) is 17.5 Å². The van der Waals surface area contributed by atoms with E-state index in [1.165, 1.54) is 6.92 Å². The third-order valence-corrected chi connectivity index (χ3v) is 3.17. The number of rotatable bonds is 2. The lowest BCUT2D eigenvalue weighted by atomic mass is 10.2. The lowest BCUT2D eigenvalue weighted by molar-refractivity contribution is -0.157. The van der Waals surface area contributed by atoms with Crippen molar-refractivity contribution in [3.8, 4) is 0 Å². The van der Waals surface area contributed by atoms with E-state index in [1.807, 2.05) is 30.3 Å². The highest BCUT2D eigenvalue weighted by Gasteiger charge is 2.09. The number of ether oxygens (including phenoxy) is 1. The van der Waals surface area contributed by atoms with Crippen molar-refractivity contribution >= 4 is 33.4 Å². The van der Waals surface area contributed by atoms with Crippen LogP contribution in [0.5, 0.6) is 0 Å². The summed E-state index contributed by atoms with van der Waals surface area (Å²) in [5.41, 5.74) is 0. The summed E-state index contributed by atoms with van der Waals surface area (Å²) >= 11 is 1.54. The summed E-state index contributed by atoms with van der Waals surface area (Å²) in [6.07, 6.45) is 0.152. The normalized spacial score (nSPS) is 10.3. The van der Waals surface area contributed by atoms with Gasteiger partial charge in [0, 0.05) is 16.5 Å². The van der Waals surface area contributed by atoms with E-state index in [2.05, 4.69) is 4.74 Å². The largest absolute Gasteiger partial charge is 0.393 e. The molecule has 0 atom stereocenters. The highest BCUT2D eigenvalue weighted by atomic mass is 32.1. The van der Waals surface area contributed by atoms with Crippen molar-refractivity contribution in [2.45, 2.75) is 13.3 Å². The van der Waals surface area contributed by atoms with Gasteiger partial charge < -0.3 is 4.74 Å². The van der Waals surface area contributed by atoms with Gasteiger partial charge in [-0.15, -0.1) is 11.3 Å². The zero-order chi connectivity index (χ0) is 11.5. The molecule has 0 amide bonds. The zero-order valence-corrected chi connectivity index (χ0v) is 9.54. The Morgan fingerprint density at radius 2 is 2.06 bits per heavy atom. The molecule has 0 saturated carbocycles. The Kier molecular flexibility index (Phi) is 3.01. The van der Waals surface area contributed by atoms with Gasteiger partial charge in [0.05, 0.1) is 6.42 Å². The number of carbonyl (C=O) groups is 2. The summed E-state index contributed by atoms with van der Waals surface area (Å²) in [6, 6.07) is 9.84. The van der Waals surface area contributed by atoms with Crippen LogP contribution in [0.1, 0.15) is 11.8 Å². The lowest BCUT2D eigenvalue weighted by Gasteiger charge is -1.96. The minimum atomic E-state index is -0.564. The molecule has 0 aliphatic carbocycles. The van der Waals surface area contributed by atoms with E-state index in [1.54, 1.807) is 11.3 Å². The first kappa shape index (κ1) is 10.8. The summed E-state index contributed by atoms with van der Waals surface area (Å²) in [4.78, 5) is 22.7. The van der Waals surface area contributed by atoms with Crippen LogP contribution in [0.2, 0.25) is 0 Å². The highest BCUT2D eigenvalue weighted by molar-refractivity contribution is 7.19. The molecule has 16 heavy (non-hydrogen) atoms. The van der Waals surface area contributed by atoms with Gasteiger partial charge in [-0.1, -0.05) is 18.2 Å². The molecule has 3 nitrogen and oxygen atoms in total. The van der Waals surface area contributed by atoms with Crippen LogP contribution in [-0.2, 0) is 20.7 Å². The van der Waals surface area contributed by atoms with Gasteiger partial charge >= 0.3 is 11.9 Å². The molecule has 0 spiro atoms. The van der Waals surface area contributed by atoms with Crippen LogP contribution in [0.15, 0.2) is 30.3 Å². The van der Waals surface area contributed by atoms with Crippen molar-refractivity contribution in [3.63, 3.8) is 0 Å². The molecule has 1 aromatic heterocycles. The molecule has 0 aliphatic heterocycles. The number of esters is 2. The van der Waals surface area contributed by atoms with Gasteiger partial charge in [0.2, 0.25) is 0 Å². The Morgan fingerprint density at radius 1 is 1.31 bits per heavy atom. The van der Waals surface area contributed by atoms with Crippen LogP contribution in [0.3, 0.4) is 0 Å². The molecule has 0 unspecified atom stereocenters. The van der Waals surface area contributed by atoms with E-state index < -0.39 is 11.9 Å². The smallest absolute Gasteiger partial charge is 0.318 e. The van der Waals surface area contributed by atoms with Crippen LogP contribution < -0.4 is 0 Å². The minimum Gasteiger partial charge on any atom is -0.393 e. The summed E-state index contributed by atoms with van der Waals surface area (Å²) in [5, 5.41) is 1.11. The average Bonchev–Trinajstić information content (AvgIpc) is 2.57. The second kappa shape index (κ2) is 4.45. The van der Waals surface area contributed by atoms with Gasteiger partial charge in [0.15, 0.2) is 0 Å². The summed E-state index contributed by atoms with van der Waals surface area (Å²) in [6.45, 7) is 1.23. The molecule has 4 heteroatoms. The highest BCUT2D eigenvalue weighted by Crippen LogP contribution is 2.25. The van der Waals surface area contributed by atoms with Crippen LogP contribution in [0.25, 0.3) is 10.1 Å². The molecule has 0 bridgehead atoms. The van der Waals surface area contributed by atoms with E-state index in [9.17, 15) is 9.59 Å². The predicted molar refractivity (Wildman–Crippen MR) is 62.3 cm³/mol. The molecule has 1 aromatic carbocycles. The number of carbonyl (C=O) groups excluding carboxylic acids is 2. The standard InChI is InChI=1S/C12H10O3S/c1-8(13)15-12(14)7-10-6-9-4-2-3-5-11(9)16-10/h2-6H,7H2,1H3. The molecule has 82 valence electrons. The molecule has 0 N–H and O–H groups in total. The predicted octanol–water partition coefficient (Wildman–Crippen LogP) is 2.53. The molecular formula is C12H10O3S. The molecule has 0 fully saturated rings. The Morgan fingerprint density at radius 3 is 2.75 bits per heavy atom. The van der Waals surface area contributed by atoms with Crippen molar-refractivity contribution < 1.29 is 14.3 Å². The maximum absolute atomic E-state index is 11.3. The molecule has 2 aromatic rings. The van der Waals surface area contributed by atoms with E-state index in [0.29, 0.717) is 0 Å². The summed E-state index contributed by atoms with van der Waals surface area (Å²) in [5.74, 6) is -1.06. The van der Waals surface area contributed by atoms with Crippen molar-refractivity contribution in [3.05, 3.63) is 35.2 Å². The van der Waals surface area contributed by atoms with Crippen LogP contribution in [0, 0.1) is 0 Å². The molecule has 0 radical (unpaired) electrons. The Labute approximate surface area is 96.6 Å². The number of thiophene rings is 1. The first-order chi connectivity index (χ1) is 7.65. The van der Waals surface area contributed by atoms with E-state index in [-0.39, 0.29) is 6.42 Å². The molecule has 1 heterocycles. The maximum atomic E-state index is 11.3. The Balaban J connectivity index is 2.15. The van der Waals surface area contributed by atoms with Crippen molar-refractivity contribution in [1.82, 2.24) is 0 Å². The summed E-state index contributed by atoms with van der Waals surface area (Å²) in [7, 11) is 0. The Hall–Kier alpha value is -1.68. The van der Waals surface area contributed by atoms with Crippen LogP contribution in [-0.4, -0.2) is 11.9 Å². The van der Waals surface area contributed by atoms with Gasteiger partial charge in [-0.3, -0.25) is 9.59 Å². The molecular weight excluding hydrogens is 224 g/mol. The van der Waals surface area contributed by atoms with Crippen molar-refractivity contribution in [2.75, 3.05) is 0 Å². The SMILES string of the molecule is CC(=O)OC(=O)Cc1cc2ccccc2s1. The number of hydrogen-bond acceptors (Lipinski definition) is 4. The maximum Gasteiger partial charge on any atom is 0.318 e. The van der Waals surface area contributed by atoms with E-state index in [4.69, 9.17) is 0 Å². The molecule has 2 rings (SSSR count). The minimum absolute atomic E-state index is 0.152. The van der Waals surface area contributed by atoms with E-state index >= 15 is 0 Å². The third kappa shape index (κ3) is 2.46. The Bertz CT molecular complexity index is 509. The van der Waals surface area contributed by atoms with Crippen molar-refractivity contribution in [2.24, 2.45) is 0 Å². The number of fused-ring (bicyclic) bond motifs is 1. The van der Waals surface area contributed by atoms with Gasteiger partial charge in [0.1, 0.15) is 0 Å². The fourth-order valence-electron chi connectivity index (χ4n) is 1.46. The van der Waals surface area contributed by atoms with Gasteiger partial charge in [0.25, 0.3) is 0 Å². The number of benzene rings is 1. The molecule has 0 aliphatic rings. The first-order valence-electron chi connectivity index (χ1n) is 4.84. The topological polar surface area (TPSA) is 43.4 Å². The fourth-order valence-corrected chi connectivity index (χ4v) is 2.51. The quantitative estimate of drug-likeness (QED) is 0.592. The summed E-state index contributed by atoms with van der Waals surface area (Å²) < 4.78 is 5.61. The van der Waals surface area contributed by atoms with Crippen molar-refractivity contribution in [1.29, 1.82) is 0 Å². The second-order valence-electron chi connectivity index (χ2n) is 3.39. The van der Waals surface area contributed by atoms with Crippen LogP contribution >= 0.6 is 11.3 Å². The van der Waals surface area contributed by atoms with Gasteiger partial charge in [-0.2, -0.15) is 0 Å². The number of hydrogen-bond donors (Lipinski definition) is 0. The second-order valence-corrected chi connectivity index (χ2v) is 4.56.